The summed E-state index contributed by atoms with van der Waals surface area (Å²) in [6, 6.07) is 11.2. The van der Waals surface area contributed by atoms with Crippen molar-refractivity contribution in [2.45, 2.75) is 6.42 Å². The summed E-state index contributed by atoms with van der Waals surface area (Å²) in [6.07, 6.45) is 3.78. The van der Waals surface area contributed by atoms with E-state index in [2.05, 4.69) is 4.98 Å². The molecule has 0 atom stereocenters. The van der Waals surface area contributed by atoms with Crippen LogP contribution in [0.25, 0.3) is 0 Å². The van der Waals surface area contributed by atoms with Gasteiger partial charge in [-0.3, -0.25) is 9.59 Å². The van der Waals surface area contributed by atoms with Crippen molar-refractivity contribution in [3.8, 4) is 5.75 Å². The number of carbonyl (C=O) groups excluding carboxylic acids is 2. The average molecular weight is 327 g/mol. The highest BCUT2D eigenvalue weighted by molar-refractivity contribution is 5.94. The molecule has 1 aromatic carbocycles. The Morgan fingerprint density at radius 3 is 2.38 bits per heavy atom. The topological polar surface area (TPSA) is 65.6 Å². The maximum Gasteiger partial charge on any atom is 0.255 e. The van der Waals surface area contributed by atoms with Crippen LogP contribution in [0.3, 0.4) is 0 Å². The number of nitrogens with one attached hydrogen (secondary N) is 1. The lowest BCUT2D eigenvalue weighted by Gasteiger charge is -2.34. The summed E-state index contributed by atoms with van der Waals surface area (Å²) in [6.45, 7) is 2.64. The van der Waals surface area contributed by atoms with Crippen molar-refractivity contribution >= 4 is 11.8 Å². The first kappa shape index (κ1) is 16.1. The largest absolute Gasteiger partial charge is 0.493 e. The van der Waals surface area contributed by atoms with Gasteiger partial charge >= 0.3 is 0 Å². The summed E-state index contributed by atoms with van der Waals surface area (Å²) < 4.78 is 5.56. The van der Waals surface area contributed by atoms with Crippen molar-refractivity contribution in [3.05, 3.63) is 54.4 Å². The Kier molecular flexibility index (Phi) is 5.15. The fourth-order valence-electron chi connectivity index (χ4n) is 2.73. The predicted molar refractivity (Wildman–Crippen MR) is 89.8 cm³/mol. The van der Waals surface area contributed by atoms with E-state index in [-0.39, 0.29) is 11.8 Å². The van der Waals surface area contributed by atoms with E-state index in [0.717, 1.165) is 5.75 Å². The molecule has 1 saturated heterocycles. The van der Waals surface area contributed by atoms with Crippen LogP contribution >= 0.6 is 0 Å². The SMILES string of the molecule is O=C(CCOc1ccccc1)N1CCN(C(=O)c2cc[nH]c2)CC1. The first-order valence-electron chi connectivity index (χ1n) is 8.12. The quantitative estimate of drug-likeness (QED) is 0.910. The Balaban J connectivity index is 1.41. The van der Waals surface area contributed by atoms with Gasteiger partial charge in [0.1, 0.15) is 5.75 Å². The minimum absolute atomic E-state index is 0.00996. The van der Waals surface area contributed by atoms with E-state index in [1.54, 1.807) is 28.3 Å². The lowest BCUT2D eigenvalue weighted by atomic mass is 10.2. The Labute approximate surface area is 141 Å². The Morgan fingerprint density at radius 1 is 1.00 bits per heavy atom. The molecule has 0 unspecified atom stereocenters. The molecule has 3 rings (SSSR count). The molecule has 2 aromatic rings. The van der Waals surface area contributed by atoms with Crippen molar-refractivity contribution in [2.24, 2.45) is 0 Å². The summed E-state index contributed by atoms with van der Waals surface area (Å²) in [5.41, 5.74) is 0.658. The Morgan fingerprint density at radius 2 is 1.71 bits per heavy atom. The molecule has 126 valence electrons. The Bertz CT molecular complexity index is 662. The van der Waals surface area contributed by atoms with Gasteiger partial charge in [0.25, 0.3) is 5.91 Å². The number of carbonyl (C=O) groups is 2. The molecule has 6 nitrogen and oxygen atoms in total. The number of H-pyrrole nitrogens is 1. The van der Waals surface area contributed by atoms with Crippen LogP contribution in [0.2, 0.25) is 0 Å². The van der Waals surface area contributed by atoms with Crippen molar-refractivity contribution in [1.82, 2.24) is 14.8 Å². The van der Waals surface area contributed by atoms with E-state index in [1.165, 1.54) is 0 Å². The maximum absolute atomic E-state index is 12.2. The van der Waals surface area contributed by atoms with Gasteiger partial charge in [0.2, 0.25) is 5.91 Å². The molecule has 24 heavy (non-hydrogen) atoms. The third kappa shape index (κ3) is 3.95. The number of hydrogen-bond donors (Lipinski definition) is 1. The number of hydrogen-bond acceptors (Lipinski definition) is 3. The highest BCUT2D eigenvalue weighted by Gasteiger charge is 2.24. The van der Waals surface area contributed by atoms with Gasteiger partial charge in [-0.05, 0) is 18.2 Å². The summed E-state index contributed by atoms with van der Waals surface area (Å²) in [7, 11) is 0. The van der Waals surface area contributed by atoms with Gasteiger partial charge in [-0.25, -0.2) is 0 Å². The minimum Gasteiger partial charge on any atom is -0.493 e. The fraction of sp³-hybridized carbons (Fsp3) is 0.333. The van der Waals surface area contributed by atoms with Crippen LogP contribution < -0.4 is 4.74 Å². The van der Waals surface area contributed by atoms with Crippen LogP contribution in [0.1, 0.15) is 16.8 Å². The lowest BCUT2D eigenvalue weighted by Crippen LogP contribution is -2.50. The molecule has 1 fully saturated rings. The molecular formula is C18H21N3O3. The predicted octanol–water partition coefficient (Wildman–Crippen LogP) is 1.77. The molecule has 0 saturated carbocycles. The van der Waals surface area contributed by atoms with E-state index in [1.807, 2.05) is 30.3 Å². The molecule has 2 amide bonds. The van der Waals surface area contributed by atoms with E-state index < -0.39 is 0 Å². The van der Waals surface area contributed by atoms with Gasteiger partial charge in [-0.15, -0.1) is 0 Å². The van der Waals surface area contributed by atoms with Gasteiger partial charge in [-0.2, -0.15) is 0 Å². The number of benzene rings is 1. The molecular weight excluding hydrogens is 306 g/mol. The van der Waals surface area contributed by atoms with Crippen molar-refractivity contribution in [1.29, 1.82) is 0 Å². The van der Waals surface area contributed by atoms with Crippen molar-refractivity contribution in [3.63, 3.8) is 0 Å². The number of nitrogens with zero attached hydrogens (tertiary/aromatic N) is 2. The zero-order valence-corrected chi connectivity index (χ0v) is 13.5. The second-order valence-corrected chi connectivity index (χ2v) is 5.68. The molecule has 6 heteroatoms. The summed E-state index contributed by atoms with van der Waals surface area (Å²) >= 11 is 0. The van der Waals surface area contributed by atoms with Gasteiger partial charge in [0.05, 0.1) is 18.6 Å². The highest BCUT2D eigenvalue weighted by Crippen LogP contribution is 2.11. The highest BCUT2D eigenvalue weighted by atomic mass is 16.5. The molecule has 1 aromatic heterocycles. The standard InChI is InChI=1S/C18H21N3O3/c22-17(7-13-24-16-4-2-1-3-5-16)20-9-11-21(12-10-20)18(23)15-6-8-19-14-15/h1-6,8,14,19H,7,9-13H2. The number of aromatic amines is 1. The fourth-order valence-corrected chi connectivity index (χ4v) is 2.73. The third-order valence-electron chi connectivity index (χ3n) is 4.09. The minimum atomic E-state index is 0.00996. The molecule has 0 bridgehead atoms. The second kappa shape index (κ2) is 7.68. The van der Waals surface area contributed by atoms with Crippen molar-refractivity contribution < 1.29 is 14.3 Å². The zero-order chi connectivity index (χ0) is 16.8. The lowest BCUT2D eigenvalue weighted by molar-refractivity contribution is -0.133. The van der Waals surface area contributed by atoms with Crippen LogP contribution in [0.5, 0.6) is 5.75 Å². The van der Waals surface area contributed by atoms with E-state index in [9.17, 15) is 9.59 Å². The van der Waals surface area contributed by atoms with Crippen molar-refractivity contribution in [2.75, 3.05) is 32.8 Å². The third-order valence-corrected chi connectivity index (χ3v) is 4.09. The maximum atomic E-state index is 12.2. The van der Waals surface area contributed by atoms with Gasteiger partial charge in [0, 0.05) is 38.6 Å². The molecule has 0 spiro atoms. The molecule has 0 radical (unpaired) electrons. The number of rotatable bonds is 5. The monoisotopic (exact) mass is 327 g/mol. The summed E-state index contributed by atoms with van der Waals surface area (Å²) in [5, 5.41) is 0. The number of amides is 2. The van der Waals surface area contributed by atoms with Crippen LogP contribution in [0.15, 0.2) is 48.8 Å². The summed E-state index contributed by atoms with van der Waals surface area (Å²) in [4.78, 5) is 31.0. The van der Waals surface area contributed by atoms with Crippen LogP contribution in [-0.4, -0.2) is 59.4 Å². The van der Waals surface area contributed by atoms with Crippen LogP contribution in [0.4, 0.5) is 0 Å². The average Bonchev–Trinajstić information content (AvgIpc) is 3.17. The Hall–Kier alpha value is -2.76. The number of piperazine rings is 1. The number of aromatic nitrogens is 1. The normalized spacial score (nSPS) is 14.5. The smallest absolute Gasteiger partial charge is 0.255 e. The molecule has 1 aliphatic heterocycles. The van der Waals surface area contributed by atoms with Gasteiger partial charge in [0.15, 0.2) is 0 Å². The number of ether oxygens (including phenoxy) is 1. The first-order chi connectivity index (χ1) is 11.7. The van der Waals surface area contributed by atoms with E-state index >= 15 is 0 Å². The molecule has 2 heterocycles. The zero-order valence-electron chi connectivity index (χ0n) is 13.5. The summed E-state index contributed by atoms with van der Waals surface area (Å²) in [5.74, 6) is 0.850. The van der Waals surface area contributed by atoms with E-state index in [0.29, 0.717) is 44.8 Å². The van der Waals surface area contributed by atoms with Crippen LogP contribution in [-0.2, 0) is 4.79 Å². The van der Waals surface area contributed by atoms with Gasteiger partial charge < -0.3 is 19.5 Å². The molecule has 0 aliphatic carbocycles. The second-order valence-electron chi connectivity index (χ2n) is 5.68. The first-order valence-corrected chi connectivity index (χ1v) is 8.12. The molecule has 1 N–H and O–H groups in total. The van der Waals surface area contributed by atoms with E-state index in [4.69, 9.17) is 4.74 Å². The van der Waals surface area contributed by atoms with Crippen LogP contribution in [0, 0.1) is 0 Å². The van der Waals surface area contributed by atoms with Gasteiger partial charge in [-0.1, -0.05) is 18.2 Å². The number of para-hydroxylation sites is 1. The molecule has 1 aliphatic rings.